The lowest BCUT2D eigenvalue weighted by Crippen LogP contribution is -2.13. The molecule has 0 heterocycles. The highest BCUT2D eigenvalue weighted by Crippen LogP contribution is 2.53. The van der Waals surface area contributed by atoms with Gasteiger partial charge in [0.05, 0.1) is 0 Å². The Balaban J connectivity index is 2.15. The molecule has 0 nitrogen and oxygen atoms in total. The molecule has 0 bridgehead atoms. The largest absolute Gasteiger partial charge is 0.0622 e. The van der Waals surface area contributed by atoms with Crippen LogP contribution < -0.4 is 0 Å². The Labute approximate surface area is 70.4 Å². The molecule has 0 N–H and O–H groups in total. The summed E-state index contributed by atoms with van der Waals surface area (Å²) in [6.45, 7) is 7.38. The first kappa shape index (κ1) is 7.64. The predicted molar refractivity (Wildman–Crippen MR) is 48.3 cm³/mol. The molecule has 5 unspecified atom stereocenters. The van der Waals surface area contributed by atoms with Crippen LogP contribution >= 0.6 is 0 Å². The predicted octanol–water partition coefficient (Wildman–Crippen LogP) is 3.32. The van der Waals surface area contributed by atoms with Crippen LogP contribution in [0.2, 0.25) is 0 Å². The second-order valence-electron chi connectivity index (χ2n) is 4.99. The maximum atomic E-state index is 2.46. The molecule has 0 aromatic carbocycles. The quantitative estimate of drug-likeness (QED) is 0.499. The normalized spacial score (nSPS) is 56.5. The molecule has 0 heteroatoms. The molecule has 2 fully saturated rings. The average Bonchev–Trinajstić information content (AvgIpc) is 2.41. The second kappa shape index (κ2) is 2.50. The third kappa shape index (κ3) is 1.02. The maximum Gasteiger partial charge on any atom is -0.0332 e. The van der Waals surface area contributed by atoms with E-state index in [1.165, 1.54) is 19.3 Å². The SMILES string of the molecule is CC1CC(C)C2C(C)CCC12. The molecule has 0 amide bonds. The van der Waals surface area contributed by atoms with Gasteiger partial charge in [-0.25, -0.2) is 0 Å². The Morgan fingerprint density at radius 3 is 2.18 bits per heavy atom. The fourth-order valence-corrected chi connectivity index (χ4v) is 3.83. The Morgan fingerprint density at radius 2 is 1.55 bits per heavy atom. The molecule has 2 rings (SSSR count). The average molecular weight is 152 g/mol. The molecule has 0 saturated heterocycles. The summed E-state index contributed by atoms with van der Waals surface area (Å²) in [6, 6.07) is 0. The summed E-state index contributed by atoms with van der Waals surface area (Å²) in [5.41, 5.74) is 0. The highest BCUT2D eigenvalue weighted by atomic mass is 14.5. The topological polar surface area (TPSA) is 0 Å². The van der Waals surface area contributed by atoms with Crippen molar-refractivity contribution in [2.24, 2.45) is 29.6 Å². The Bertz CT molecular complexity index is 150. The van der Waals surface area contributed by atoms with Gasteiger partial charge in [0.15, 0.2) is 0 Å². The summed E-state index contributed by atoms with van der Waals surface area (Å²) < 4.78 is 0. The van der Waals surface area contributed by atoms with Gasteiger partial charge in [0.25, 0.3) is 0 Å². The molecular formula is C11H20. The van der Waals surface area contributed by atoms with E-state index in [1.54, 1.807) is 0 Å². The van der Waals surface area contributed by atoms with Crippen molar-refractivity contribution >= 4 is 0 Å². The molecule has 0 aliphatic heterocycles. The first-order valence-corrected chi connectivity index (χ1v) is 5.20. The fraction of sp³-hybridized carbons (Fsp3) is 1.00. The van der Waals surface area contributed by atoms with E-state index in [1.807, 2.05) is 0 Å². The monoisotopic (exact) mass is 152 g/mol. The highest BCUT2D eigenvalue weighted by molar-refractivity contribution is 4.94. The molecule has 0 aromatic heterocycles. The van der Waals surface area contributed by atoms with Crippen molar-refractivity contribution in [2.45, 2.75) is 40.0 Å². The number of rotatable bonds is 0. The Morgan fingerprint density at radius 1 is 0.818 bits per heavy atom. The molecule has 5 atom stereocenters. The lowest BCUT2D eigenvalue weighted by atomic mass is 9.86. The lowest BCUT2D eigenvalue weighted by molar-refractivity contribution is 0.292. The van der Waals surface area contributed by atoms with Gasteiger partial charge in [-0.2, -0.15) is 0 Å². The van der Waals surface area contributed by atoms with Crippen LogP contribution in [0.1, 0.15) is 40.0 Å². The standard InChI is InChI=1S/C11H20/c1-7-4-5-10-8(2)6-9(3)11(7)10/h7-11H,4-6H2,1-3H3. The first-order valence-electron chi connectivity index (χ1n) is 5.20. The molecule has 2 saturated carbocycles. The summed E-state index contributed by atoms with van der Waals surface area (Å²) in [4.78, 5) is 0. The van der Waals surface area contributed by atoms with Crippen molar-refractivity contribution < 1.29 is 0 Å². The van der Waals surface area contributed by atoms with E-state index in [2.05, 4.69) is 20.8 Å². The van der Waals surface area contributed by atoms with Crippen LogP contribution in [0.15, 0.2) is 0 Å². The zero-order chi connectivity index (χ0) is 8.01. The van der Waals surface area contributed by atoms with Gasteiger partial charge in [-0.1, -0.05) is 27.2 Å². The number of hydrogen-bond donors (Lipinski definition) is 0. The zero-order valence-corrected chi connectivity index (χ0v) is 8.01. The summed E-state index contributed by atoms with van der Waals surface area (Å²) >= 11 is 0. The smallest absolute Gasteiger partial charge is 0.0332 e. The molecule has 0 aromatic rings. The molecular weight excluding hydrogens is 132 g/mol. The number of fused-ring (bicyclic) bond motifs is 1. The van der Waals surface area contributed by atoms with Crippen LogP contribution in [0.25, 0.3) is 0 Å². The minimum Gasteiger partial charge on any atom is -0.0622 e. The van der Waals surface area contributed by atoms with E-state index in [0.717, 1.165) is 29.6 Å². The van der Waals surface area contributed by atoms with E-state index >= 15 is 0 Å². The van der Waals surface area contributed by atoms with Crippen LogP contribution in [0, 0.1) is 29.6 Å². The molecule has 64 valence electrons. The van der Waals surface area contributed by atoms with Gasteiger partial charge in [0.2, 0.25) is 0 Å². The van der Waals surface area contributed by atoms with E-state index < -0.39 is 0 Å². The van der Waals surface area contributed by atoms with Gasteiger partial charge in [0, 0.05) is 0 Å². The minimum atomic E-state index is 1.02. The summed E-state index contributed by atoms with van der Waals surface area (Å²) in [7, 11) is 0. The fourth-order valence-electron chi connectivity index (χ4n) is 3.83. The zero-order valence-electron chi connectivity index (χ0n) is 8.01. The van der Waals surface area contributed by atoms with Crippen molar-refractivity contribution in [3.8, 4) is 0 Å². The number of hydrogen-bond acceptors (Lipinski definition) is 0. The van der Waals surface area contributed by atoms with Gasteiger partial charge < -0.3 is 0 Å². The lowest BCUT2D eigenvalue weighted by Gasteiger charge is -2.19. The van der Waals surface area contributed by atoms with E-state index in [9.17, 15) is 0 Å². The van der Waals surface area contributed by atoms with Gasteiger partial charge in [-0.3, -0.25) is 0 Å². The van der Waals surface area contributed by atoms with Gasteiger partial charge in [0.1, 0.15) is 0 Å². The van der Waals surface area contributed by atoms with E-state index in [4.69, 9.17) is 0 Å². The van der Waals surface area contributed by atoms with Crippen LogP contribution in [0.4, 0.5) is 0 Å². The van der Waals surface area contributed by atoms with Crippen molar-refractivity contribution in [3.05, 3.63) is 0 Å². The van der Waals surface area contributed by atoms with Gasteiger partial charge in [-0.05, 0) is 42.4 Å². The van der Waals surface area contributed by atoms with Gasteiger partial charge in [-0.15, -0.1) is 0 Å². The molecule has 0 radical (unpaired) electrons. The third-order valence-corrected chi connectivity index (χ3v) is 4.24. The van der Waals surface area contributed by atoms with Gasteiger partial charge >= 0.3 is 0 Å². The van der Waals surface area contributed by atoms with Crippen molar-refractivity contribution in [1.29, 1.82) is 0 Å². The Kier molecular flexibility index (Phi) is 1.74. The summed E-state index contributed by atoms with van der Waals surface area (Å²) in [6.07, 6.45) is 4.53. The van der Waals surface area contributed by atoms with Crippen LogP contribution in [-0.2, 0) is 0 Å². The second-order valence-corrected chi connectivity index (χ2v) is 4.99. The molecule has 0 spiro atoms. The van der Waals surface area contributed by atoms with Crippen LogP contribution in [0.3, 0.4) is 0 Å². The first-order chi connectivity index (χ1) is 5.20. The highest BCUT2D eigenvalue weighted by Gasteiger charge is 2.44. The Hall–Kier alpha value is 0. The maximum absolute atomic E-state index is 2.46. The van der Waals surface area contributed by atoms with E-state index in [0.29, 0.717) is 0 Å². The van der Waals surface area contributed by atoms with E-state index in [-0.39, 0.29) is 0 Å². The van der Waals surface area contributed by atoms with Crippen molar-refractivity contribution in [2.75, 3.05) is 0 Å². The molecule has 2 aliphatic carbocycles. The third-order valence-electron chi connectivity index (χ3n) is 4.24. The van der Waals surface area contributed by atoms with Crippen molar-refractivity contribution in [3.63, 3.8) is 0 Å². The summed E-state index contributed by atoms with van der Waals surface area (Å²) in [5.74, 6) is 5.26. The minimum absolute atomic E-state index is 1.02. The summed E-state index contributed by atoms with van der Waals surface area (Å²) in [5, 5.41) is 0. The van der Waals surface area contributed by atoms with Crippen LogP contribution in [0.5, 0.6) is 0 Å². The molecule has 2 aliphatic rings. The molecule has 11 heavy (non-hydrogen) atoms. The van der Waals surface area contributed by atoms with Crippen molar-refractivity contribution in [1.82, 2.24) is 0 Å². The van der Waals surface area contributed by atoms with Crippen LogP contribution in [-0.4, -0.2) is 0 Å².